The zero-order chi connectivity index (χ0) is 24.4. The number of carbonyl (C=O) groups excluding carboxylic acids is 2. The lowest BCUT2D eigenvalue weighted by Gasteiger charge is -2.19. The van der Waals surface area contributed by atoms with Gasteiger partial charge < -0.3 is 10.1 Å². The molecule has 3 aromatic heterocycles. The van der Waals surface area contributed by atoms with Gasteiger partial charge in [-0.2, -0.15) is 0 Å². The van der Waals surface area contributed by atoms with Gasteiger partial charge in [0.05, 0.1) is 18.4 Å². The van der Waals surface area contributed by atoms with Crippen LogP contribution in [0.2, 0.25) is 0 Å². The van der Waals surface area contributed by atoms with Crippen LogP contribution in [0.15, 0.2) is 16.6 Å². The molecule has 10 heteroatoms. The lowest BCUT2D eigenvalue weighted by molar-refractivity contribution is -0.113. The van der Waals surface area contributed by atoms with Gasteiger partial charge >= 0.3 is 5.97 Å². The van der Waals surface area contributed by atoms with Crippen LogP contribution in [0, 0.1) is 5.92 Å². The van der Waals surface area contributed by atoms with Gasteiger partial charge in [0.2, 0.25) is 5.91 Å². The monoisotopic (exact) mass is 518 g/mol. The van der Waals surface area contributed by atoms with E-state index in [0.717, 1.165) is 41.0 Å². The van der Waals surface area contributed by atoms with Crippen LogP contribution in [0.3, 0.4) is 0 Å². The maximum absolute atomic E-state index is 12.8. The van der Waals surface area contributed by atoms with E-state index in [4.69, 9.17) is 4.74 Å². The number of nitrogens with zero attached hydrogens (tertiary/aromatic N) is 3. The van der Waals surface area contributed by atoms with E-state index in [0.29, 0.717) is 10.6 Å². The summed E-state index contributed by atoms with van der Waals surface area (Å²) in [5, 5.41) is 15.3. The van der Waals surface area contributed by atoms with E-state index in [2.05, 4.69) is 46.2 Å². The Morgan fingerprint density at radius 3 is 2.85 bits per heavy atom. The second-order valence-corrected chi connectivity index (χ2v) is 11.8. The molecule has 3 heterocycles. The number of carbonyl (C=O) groups is 2. The Hall–Kier alpha value is -2.17. The van der Waals surface area contributed by atoms with Gasteiger partial charge in [0.15, 0.2) is 11.0 Å². The fraction of sp³-hybridized carbons (Fsp3) is 0.500. The van der Waals surface area contributed by atoms with E-state index in [1.807, 2.05) is 18.3 Å². The number of aromatic nitrogens is 3. The van der Waals surface area contributed by atoms with Crippen molar-refractivity contribution in [3.63, 3.8) is 0 Å². The van der Waals surface area contributed by atoms with Gasteiger partial charge in [-0.15, -0.1) is 32.9 Å². The molecule has 0 saturated heterocycles. The van der Waals surface area contributed by atoms with Crippen molar-refractivity contribution in [1.82, 2.24) is 14.8 Å². The topological polar surface area (TPSA) is 86.1 Å². The fourth-order valence-corrected chi connectivity index (χ4v) is 7.26. The Labute approximate surface area is 212 Å². The van der Waals surface area contributed by atoms with E-state index >= 15 is 0 Å². The van der Waals surface area contributed by atoms with Crippen molar-refractivity contribution in [2.45, 2.75) is 64.6 Å². The number of hydrogen-bond acceptors (Lipinski definition) is 8. The fourth-order valence-electron chi connectivity index (χ4n) is 4.15. The number of thiophene rings is 2. The van der Waals surface area contributed by atoms with Gasteiger partial charge in [0.25, 0.3) is 0 Å². The van der Waals surface area contributed by atoms with Gasteiger partial charge in [-0.25, -0.2) is 4.79 Å². The molecule has 34 heavy (non-hydrogen) atoms. The molecule has 7 nitrogen and oxygen atoms in total. The summed E-state index contributed by atoms with van der Waals surface area (Å²) in [6.07, 6.45) is 4.19. The first-order valence-corrected chi connectivity index (χ1v) is 14.2. The minimum atomic E-state index is -0.448. The number of aryl methyl sites for hydroxylation is 1. The number of esters is 1. The van der Waals surface area contributed by atoms with Crippen LogP contribution in [0.4, 0.5) is 5.00 Å². The molecular formula is C24H30N4O3S3. The highest BCUT2D eigenvalue weighted by molar-refractivity contribution is 7.99. The number of fused-ring (bicyclic) bond motifs is 1. The highest BCUT2D eigenvalue weighted by atomic mass is 32.2. The van der Waals surface area contributed by atoms with Crippen molar-refractivity contribution in [2.75, 3.05) is 18.2 Å². The van der Waals surface area contributed by atoms with E-state index in [1.54, 1.807) is 6.07 Å². The highest BCUT2D eigenvalue weighted by Gasteiger charge is 2.26. The SMILES string of the molecule is CCc1cc(C(=O)OC)c(NC(=O)CSc2nnc(-c3csc4c3CCC(C)C4)n2C(C)C)s1. The minimum absolute atomic E-state index is 0.156. The summed E-state index contributed by atoms with van der Waals surface area (Å²) >= 11 is 4.58. The van der Waals surface area contributed by atoms with Crippen LogP contribution < -0.4 is 5.32 Å². The summed E-state index contributed by atoms with van der Waals surface area (Å²) in [7, 11) is 1.34. The van der Waals surface area contributed by atoms with Crippen molar-refractivity contribution >= 4 is 51.3 Å². The largest absolute Gasteiger partial charge is 0.465 e. The molecule has 3 aromatic rings. The minimum Gasteiger partial charge on any atom is -0.465 e. The van der Waals surface area contributed by atoms with Crippen LogP contribution in [-0.4, -0.2) is 39.5 Å². The molecule has 1 amide bonds. The molecule has 1 aliphatic rings. The number of thioether (sulfide) groups is 1. The van der Waals surface area contributed by atoms with Gasteiger partial charge in [-0.05, 0) is 57.1 Å². The Kier molecular flexibility index (Phi) is 7.79. The molecule has 0 aliphatic heterocycles. The third-order valence-electron chi connectivity index (χ3n) is 5.95. The first-order valence-electron chi connectivity index (χ1n) is 11.5. The third kappa shape index (κ3) is 5.08. The first-order chi connectivity index (χ1) is 16.3. The molecule has 1 aliphatic carbocycles. The summed E-state index contributed by atoms with van der Waals surface area (Å²) in [5.41, 5.74) is 2.98. The number of rotatable bonds is 8. The number of methoxy groups -OCH3 is 1. The smallest absolute Gasteiger partial charge is 0.340 e. The zero-order valence-electron chi connectivity index (χ0n) is 20.1. The molecule has 1 unspecified atom stereocenters. The maximum Gasteiger partial charge on any atom is 0.340 e. The number of anilines is 1. The molecule has 0 fully saturated rings. The Bertz CT molecular complexity index is 1190. The normalized spacial score (nSPS) is 15.4. The molecule has 0 bridgehead atoms. The van der Waals surface area contributed by atoms with Gasteiger partial charge in [-0.3, -0.25) is 9.36 Å². The lowest BCUT2D eigenvalue weighted by atomic mass is 9.88. The Morgan fingerprint density at radius 1 is 1.35 bits per heavy atom. The van der Waals surface area contributed by atoms with Crippen molar-refractivity contribution < 1.29 is 14.3 Å². The highest BCUT2D eigenvalue weighted by Crippen LogP contribution is 2.39. The summed E-state index contributed by atoms with van der Waals surface area (Å²) in [4.78, 5) is 27.3. The lowest BCUT2D eigenvalue weighted by Crippen LogP contribution is -2.16. The van der Waals surface area contributed by atoms with E-state index in [1.165, 1.54) is 52.6 Å². The van der Waals surface area contributed by atoms with E-state index in [-0.39, 0.29) is 17.7 Å². The maximum atomic E-state index is 12.8. The van der Waals surface area contributed by atoms with Gasteiger partial charge in [-0.1, -0.05) is 25.6 Å². The van der Waals surface area contributed by atoms with E-state index in [9.17, 15) is 9.59 Å². The molecule has 1 atom stereocenters. The molecule has 4 rings (SSSR count). The summed E-state index contributed by atoms with van der Waals surface area (Å²) in [6.45, 7) is 8.54. The Balaban J connectivity index is 1.51. The first kappa shape index (κ1) is 24.9. The van der Waals surface area contributed by atoms with Crippen molar-refractivity contribution in [2.24, 2.45) is 5.92 Å². The van der Waals surface area contributed by atoms with E-state index < -0.39 is 5.97 Å². The Morgan fingerprint density at radius 2 is 2.15 bits per heavy atom. The quantitative estimate of drug-likeness (QED) is 0.297. The van der Waals surface area contributed by atoms with Gasteiger partial charge in [0, 0.05) is 26.7 Å². The molecular weight excluding hydrogens is 488 g/mol. The summed E-state index contributed by atoms with van der Waals surface area (Å²) in [5.74, 6) is 1.13. The number of amides is 1. The average molecular weight is 519 g/mol. The second-order valence-electron chi connectivity index (χ2n) is 8.81. The number of ether oxygens (including phenoxy) is 1. The summed E-state index contributed by atoms with van der Waals surface area (Å²) < 4.78 is 6.99. The molecule has 182 valence electrons. The molecule has 0 aromatic carbocycles. The molecule has 0 saturated carbocycles. The summed E-state index contributed by atoms with van der Waals surface area (Å²) in [6, 6.07) is 1.94. The van der Waals surface area contributed by atoms with Crippen molar-refractivity contribution in [3.8, 4) is 11.4 Å². The standard InChI is InChI=1S/C24H30N4O3S3/c1-6-15-10-17(23(30)31-5)22(34-15)25-20(29)12-33-24-27-26-21(28(24)13(2)3)18-11-32-19-9-14(4)7-8-16(18)19/h10-11,13-14H,6-9,12H2,1-5H3,(H,25,29). The van der Waals surface area contributed by atoms with Crippen LogP contribution in [-0.2, 0) is 28.8 Å². The molecule has 1 N–H and O–H groups in total. The number of hydrogen-bond donors (Lipinski definition) is 1. The second kappa shape index (κ2) is 10.6. The predicted molar refractivity (Wildman–Crippen MR) is 139 cm³/mol. The van der Waals surface area contributed by atoms with Gasteiger partial charge in [0.1, 0.15) is 5.00 Å². The average Bonchev–Trinajstić information content (AvgIpc) is 3.52. The third-order valence-corrected chi connectivity index (χ3v) is 9.13. The van der Waals surface area contributed by atoms with Crippen LogP contribution >= 0.6 is 34.4 Å². The van der Waals surface area contributed by atoms with Crippen LogP contribution in [0.25, 0.3) is 11.4 Å². The van der Waals surface area contributed by atoms with Crippen LogP contribution in [0.5, 0.6) is 0 Å². The van der Waals surface area contributed by atoms with Crippen molar-refractivity contribution in [1.29, 1.82) is 0 Å². The van der Waals surface area contributed by atoms with Crippen LogP contribution in [0.1, 0.15) is 65.8 Å². The van der Waals surface area contributed by atoms with Crippen molar-refractivity contribution in [3.05, 3.63) is 32.3 Å². The number of nitrogens with one attached hydrogen (secondary N) is 1. The zero-order valence-corrected chi connectivity index (χ0v) is 22.6. The predicted octanol–water partition coefficient (Wildman–Crippen LogP) is 5.85. The molecule has 0 radical (unpaired) electrons. The molecule has 0 spiro atoms.